The van der Waals surface area contributed by atoms with Crippen LogP contribution in [0.3, 0.4) is 0 Å². The number of hydrogen-bond acceptors (Lipinski definition) is 2. The monoisotopic (exact) mass is 331 g/mol. The van der Waals surface area contributed by atoms with E-state index in [1.165, 1.54) is 10.8 Å². The van der Waals surface area contributed by atoms with Gasteiger partial charge in [-0.25, -0.2) is 0 Å². The highest BCUT2D eigenvalue weighted by Gasteiger charge is 2.11. The lowest BCUT2D eigenvalue weighted by Gasteiger charge is -2.30. The molecule has 0 saturated carbocycles. The largest absolute Gasteiger partial charge is 0.456 e. The summed E-state index contributed by atoms with van der Waals surface area (Å²) in [6.45, 7) is 9.28. The molecule has 0 radical (unpaired) electrons. The molecule has 3 heteroatoms. The Hall–Kier alpha value is -2.39. The second-order valence-electron chi connectivity index (χ2n) is 7.44. The molecule has 24 heavy (non-hydrogen) atoms. The normalized spacial score (nSPS) is 12.2. The van der Waals surface area contributed by atoms with E-state index >= 15 is 0 Å². The number of benzene rings is 2. The maximum Gasteiger partial charge on any atom is 0.135 e. The summed E-state index contributed by atoms with van der Waals surface area (Å²) in [5.74, 6) is 0. The van der Waals surface area contributed by atoms with Gasteiger partial charge in [0.1, 0.15) is 11.2 Å². The van der Waals surface area contributed by atoms with Crippen molar-refractivity contribution in [2.75, 3.05) is 0 Å². The third kappa shape index (κ3) is 2.45. The zero-order valence-electron chi connectivity index (χ0n) is 14.6. The molecule has 0 fully saturated rings. The molecule has 0 atom stereocenters. The van der Waals surface area contributed by atoms with E-state index in [0.29, 0.717) is 0 Å². The topological polar surface area (TPSA) is 26.0 Å². The Morgan fingerprint density at radius 2 is 1.62 bits per heavy atom. The Morgan fingerprint density at radius 3 is 2.38 bits per heavy atom. The Kier molecular flexibility index (Phi) is 3.36. The van der Waals surface area contributed by atoms with Crippen LogP contribution in [0, 0.1) is 6.92 Å². The molecule has 0 unspecified atom stereocenters. The van der Waals surface area contributed by atoms with Gasteiger partial charge in [0.15, 0.2) is 0 Å². The maximum atomic E-state index is 5.92. The first-order chi connectivity index (χ1) is 11.4. The second kappa shape index (κ2) is 5.31. The van der Waals surface area contributed by atoms with E-state index in [-0.39, 0.29) is 0 Å². The van der Waals surface area contributed by atoms with Gasteiger partial charge in [-0.2, -0.15) is 24.8 Å². The van der Waals surface area contributed by atoms with Gasteiger partial charge in [-0.3, -0.25) is 4.98 Å². The van der Waals surface area contributed by atoms with Crippen LogP contribution in [0.25, 0.3) is 33.2 Å². The van der Waals surface area contributed by atoms with Crippen molar-refractivity contribution in [1.29, 1.82) is 0 Å². The highest BCUT2D eigenvalue weighted by molar-refractivity contribution is 6.89. The lowest BCUT2D eigenvalue weighted by atomic mass is 10.1. The van der Waals surface area contributed by atoms with Gasteiger partial charge in [-0.15, -0.1) is 8.07 Å². The van der Waals surface area contributed by atoms with Crippen molar-refractivity contribution in [2.24, 2.45) is 0 Å². The van der Waals surface area contributed by atoms with E-state index in [0.717, 1.165) is 33.2 Å². The highest BCUT2D eigenvalue weighted by Crippen LogP contribution is 2.31. The summed E-state index contributed by atoms with van der Waals surface area (Å²) in [6, 6.07) is 16.7. The van der Waals surface area contributed by atoms with Crippen LogP contribution in [0.15, 0.2) is 59.1 Å². The van der Waals surface area contributed by atoms with Crippen LogP contribution in [-0.4, -0.2) is 13.1 Å². The Labute approximate surface area is 143 Å². The van der Waals surface area contributed by atoms with E-state index in [9.17, 15) is 0 Å². The van der Waals surface area contributed by atoms with E-state index in [4.69, 9.17) is 9.40 Å². The van der Waals surface area contributed by atoms with Gasteiger partial charge in [0, 0.05) is 16.3 Å². The lowest BCUT2D eigenvalue weighted by Crippen LogP contribution is -2.39. The molecule has 0 spiro atoms. The van der Waals surface area contributed by atoms with Crippen LogP contribution < -0.4 is 5.19 Å². The SMILES string of the molecule is Cc1cc(-c2ccc3oc4ccccc4c3c2)ncc1[Si-](C)(C)C. The first-order valence-electron chi connectivity index (χ1n) is 8.32. The number of aromatic nitrogens is 1. The number of nitrogens with zero attached hydrogens (tertiary/aromatic N) is 1. The highest BCUT2D eigenvalue weighted by atomic mass is 28.3. The zero-order valence-corrected chi connectivity index (χ0v) is 15.6. The van der Waals surface area contributed by atoms with E-state index in [2.05, 4.69) is 63.1 Å². The Balaban J connectivity index is 1.87. The van der Waals surface area contributed by atoms with Crippen LogP contribution in [0.1, 0.15) is 5.56 Å². The van der Waals surface area contributed by atoms with Crippen LogP contribution >= 0.6 is 0 Å². The van der Waals surface area contributed by atoms with Crippen molar-refractivity contribution < 1.29 is 4.42 Å². The van der Waals surface area contributed by atoms with Gasteiger partial charge in [-0.1, -0.05) is 23.8 Å². The predicted octanol–water partition coefficient (Wildman–Crippen LogP) is 5.50. The van der Waals surface area contributed by atoms with Crippen molar-refractivity contribution in [3.05, 3.63) is 60.3 Å². The minimum Gasteiger partial charge on any atom is -0.456 e. The Morgan fingerprint density at radius 1 is 0.875 bits per heavy atom. The summed E-state index contributed by atoms with van der Waals surface area (Å²) >= 11 is 0. The van der Waals surface area contributed by atoms with Crippen LogP contribution in [-0.2, 0) is 0 Å². The second-order valence-corrected chi connectivity index (χ2v) is 12.5. The minimum atomic E-state index is -1.35. The molecule has 0 N–H and O–H groups in total. The van der Waals surface area contributed by atoms with Crippen molar-refractivity contribution in [2.45, 2.75) is 26.6 Å². The molecular weight excluding hydrogens is 310 g/mol. The van der Waals surface area contributed by atoms with Crippen molar-refractivity contribution in [3.63, 3.8) is 0 Å². The molecule has 4 rings (SSSR count). The molecule has 0 bridgehead atoms. The third-order valence-electron chi connectivity index (χ3n) is 4.59. The third-order valence-corrected chi connectivity index (χ3v) is 6.73. The van der Waals surface area contributed by atoms with Crippen LogP contribution in [0.2, 0.25) is 19.6 Å². The van der Waals surface area contributed by atoms with Crippen molar-refractivity contribution in [3.8, 4) is 11.3 Å². The fourth-order valence-corrected chi connectivity index (χ4v) is 5.09. The molecule has 2 nitrogen and oxygen atoms in total. The first kappa shape index (κ1) is 15.2. The molecule has 2 aromatic carbocycles. The van der Waals surface area contributed by atoms with Crippen LogP contribution in [0.4, 0.5) is 0 Å². The molecule has 4 aromatic rings. The number of furan rings is 1. The predicted molar refractivity (Wildman–Crippen MR) is 105 cm³/mol. The molecule has 0 aliphatic carbocycles. The van der Waals surface area contributed by atoms with Gasteiger partial charge in [-0.05, 0) is 43.5 Å². The molecule has 0 aliphatic rings. The quantitative estimate of drug-likeness (QED) is 0.453. The number of pyridine rings is 1. The van der Waals surface area contributed by atoms with Crippen molar-refractivity contribution >= 4 is 35.2 Å². The first-order valence-corrected chi connectivity index (χ1v) is 11.8. The number of rotatable bonds is 2. The number of para-hydroxylation sites is 1. The van der Waals surface area contributed by atoms with Gasteiger partial charge >= 0.3 is 0 Å². The average molecular weight is 331 g/mol. The summed E-state index contributed by atoms with van der Waals surface area (Å²) in [4.78, 5) is 4.75. The number of hydrogen-bond donors (Lipinski definition) is 0. The fourth-order valence-electron chi connectivity index (χ4n) is 3.38. The fraction of sp³-hybridized carbons (Fsp3) is 0.190. The molecule has 2 aromatic heterocycles. The molecule has 0 saturated heterocycles. The van der Waals surface area contributed by atoms with E-state index < -0.39 is 8.07 Å². The zero-order chi connectivity index (χ0) is 16.9. The number of aryl methyl sites for hydroxylation is 1. The number of fused-ring (bicyclic) bond motifs is 3. The van der Waals surface area contributed by atoms with Crippen LogP contribution in [0.5, 0.6) is 0 Å². The summed E-state index contributed by atoms with van der Waals surface area (Å²) in [7, 11) is -1.35. The molecular formula is C21H21NOSi-. The summed E-state index contributed by atoms with van der Waals surface area (Å²) in [6.07, 6.45) is 2.08. The molecule has 2 heterocycles. The molecule has 0 amide bonds. The smallest absolute Gasteiger partial charge is 0.135 e. The minimum absolute atomic E-state index is 0.926. The summed E-state index contributed by atoms with van der Waals surface area (Å²) in [5, 5.41) is 3.74. The molecule has 121 valence electrons. The van der Waals surface area contributed by atoms with E-state index in [1.807, 2.05) is 18.2 Å². The van der Waals surface area contributed by atoms with Crippen molar-refractivity contribution in [1.82, 2.24) is 4.98 Å². The molecule has 0 aliphatic heterocycles. The maximum absolute atomic E-state index is 5.92. The summed E-state index contributed by atoms with van der Waals surface area (Å²) < 4.78 is 5.92. The van der Waals surface area contributed by atoms with Gasteiger partial charge in [0.2, 0.25) is 0 Å². The Bertz CT molecular complexity index is 1060. The average Bonchev–Trinajstić information content (AvgIpc) is 2.91. The van der Waals surface area contributed by atoms with Gasteiger partial charge in [0.25, 0.3) is 0 Å². The van der Waals surface area contributed by atoms with E-state index in [1.54, 1.807) is 0 Å². The van der Waals surface area contributed by atoms with Gasteiger partial charge < -0.3 is 4.42 Å². The standard InChI is InChI=1S/C21H21NOSi/c1-14-11-18(22-13-21(14)24(2,3)4)15-9-10-20-17(12-15)16-7-5-6-8-19(16)23-20/h5-13H,1-4H3/q-1. The lowest BCUT2D eigenvalue weighted by molar-refractivity contribution is 0.669. The summed E-state index contributed by atoms with van der Waals surface area (Å²) in [5.41, 5.74) is 5.37. The van der Waals surface area contributed by atoms with Gasteiger partial charge in [0.05, 0.1) is 5.69 Å².